The summed E-state index contributed by atoms with van der Waals surface area (Å²) in [6.07, 6.45) is 6.01. The number of rotatable bonds is 4. The van der Waals surface area contributed by atoms with E-state index in [1.54, 1.807) is 6.26 Å². The van der Waals surface area contributed by atoms with Crippen LogP contribution in [0.3, 0.4) is 0 Å². The van der Waals surface area contributed by atoms with Crippen LogP contribution in [-0.2, 0) is 11.2 Å². The van der Waals surface area contributed by atoms with Crippen molar-refractivity contribution >= 4 is 0 Å². The Labute approximate surface area is 97.0 Å². The van der Waals surface area contributed by atoms with Crippen LogP contribution in [0, 0.1) is 5.92 Å². The van der Waals surface area contributed by atoms with Crippen LogP contribution in [0.1, 0.15) is 43.6 Å². The highest BCUT2D eigenvalue weighted by molar-refractivity contribution is 5.21. The first-order valence-corrected chi connectivity index (χ1v) is 6.20. The largest absolute Gasteiger partial charge is 0.469 e. The molecule has 0 radical (unpaired) electrons. The molecule has 2 N–H and O–H groups in total. The molecule has 0 saturated carbocycles. The smallest absolute Gasteiger partial charge is 0.108 e. The lowest BCUT2D eigenvalue weighted by atomic mass is 9.90. The average molecular weight is 223 g/mol. The predicted octanol–water partition coefficient (Wildman–Crippen LogP) is 2.66. The van der Waals surface area contributed by atoms with Gasteiger partial charge < -0.3 is 14.9 Å². The van der Waals surface area contributed by atoms with Gasteiger partial charge in [-0.3, -0.25) is 0 Å². The fourth-order valence-electron chi connectivity index (χ4n) is 2.44. The number of nitrogens with two attached hydrogens (primary N) is 1. The van der Waals surface area contributed by atoms with E-state index in [4.69, 9.17) is 14.9 Å². The fourth-order valence-corrected chi connectivity index (χ4v) is 2.44. The Morgan fingerprint density at radius 1 is 1.44 bits per heavy atom. The normalized spacial score (nSPS) is 19.9. The molecular formula is C13H21NO2. The third kappa shape index (κ3) is 2.66. The van der Waals surface area contributed by atoms with Crippen molar-refractivity contribution in [3.63, 3.8) is 0 Å². The number of hydrogen-bond acceptors (Lipinski definition) is 3. The van der Waals surface area contributed by atoms with Crippen molar-refractivity contribution < 1.29 is 9.15 Å². The van der Waals surface area contributed by atoms with Gasteiger partial charge in [0.25, 0.3) is 0 Å². The molecule has 16 heavy (non-hydrogen) atoms. The van der Waals surface area contributed by atoms with Crippen LogP contribution in [0.25, 0.3) is 0 Å². The van der Waals surface area contributed by atoms with Gasteiger partial charge in [0.2, 0.25) is 0 Å². The van der Waals surface area contributed by atoms with Crippen molar-refractivity contribution in [1.29, 1.82) is 0 Å². The van der Waals surface area contributed by atoms with Crippen LogP contribution in [0.2, 0.25) is 0 Å². The number of hydrogen-bond donors (Lipinski definition) is 1. The molecule has 0 bridgehead atoms. The number of furan rings is 1. The van der Waals surface area contributed by atoms with E-state index in [-0.39, 0.29) is 6.04 Å². The molecule has 0 aromatic carbocycles. The first-order valence-electron chi connectivity index (χ1n) is 6.20. The third-order valence-electron chi connectivity index (χ3n) is 3.43. The van der Waals surface area contributed by atoms with E-state index in [1.165, 1.54) is 5.56 Å². The monoisotopic (exact) mass is 223 g/mol. The molecule has 90 valence electrons. The standard InChI is InChI=1S/C13H21NO2/c1-2-13-11(5-8-16-13)12(14)9-10-3-6-15-7-4-10/h5,8,10,12H,2-4,6-7,9,14H2,1H3. The highest BCUT2D eigenvalue weighted by Gasteiger charge is 2.20. The van der Waals surface area contributed by atoms with Gasteiger partial charge in [0, 0.05) is 31.2 Å². The minimum atomic E-state index is 0.122. The third-order valence-corrected chi connectivity index (χ3v) is 3.43. The van der Waals surface area contributed by atoms with Crippen LogP contribution in [-0.4, -0.2) is 13.2 Å². The van der Waals surface area contributed by atoms with Crippen LogP contribution in [0.15, 0.2) is 16.7 Å². The Bertz CT molecular complexity index is 315. The van der Waals surface area contributed by atoms with Crippen LogP contribution >= 0.6 is 0 Å². The van der Waals surface area contributed by atoms with E-state index in [0.29, 0.717) is 5.92 Å². The van der Waals surface area contributed by atoms with Gasteiger partial charge in [-0.25, -0.2) is 0 Å². The minimum Gasteiger partial charge on any atom is -0.469 e. The van der Waals surface area contributed by atoms with Crippen LogP contribution in [0.5, 0.6) is 0 Å². The van der Waals surface area contributed by atoms with E-state index in [1.807, 2.05) is 6.07 Å². The summed E-state index contributed by atoms with van der Waals surface area (Å²) in [5.41, 5.74) is 7.43. The zero-order valence-corrected chi connectivity index (χ0v) is 9.95. The lowest BCUT2D eigenvalue weighted by Crippen LogP contribution is -2.21. The van der Waals surface area contributed by atoms with Crippen LogP contribution in [0.4, 0.5) is 0 Å². The maximum atomic E-state index is 6.25. The molecule has 3 heteroatoms. The quantitative estimate of drug-likeness (QED) is 0.853. The zero-order valence-electron chi connectivity index (χ0n) is 9.95. The molecule has 1 fully saturated rings. The summed E-state index contributed by atoms with van der Waals surface area (Å²) in [5, 5.41) is 0. The van der Waals surface area contributed by atoms with Crippen molar-refractivity contribution in [3.05, 3.63) is 23.7 Å². The average Bonchev–Trinajstić information content (AvgIpc) is 2.78. The minimum absolute atomic E-state index is 0.122. The molecule has 0 amide bonds. The first kappa shape index (κ1) is 11.7. The number of ether oxygens (including phenoxy) is 1. The van der Waals surface area contributed by atoms with Gasteiger partial charge >= 0.3 is 0 Å². The SMILES string of the molecule is CCc1occc1C(N)CC1CCOCC1. The van der Waals surface area contributed by atoms with Gasteiger partial charge in [-0.15, -0.1) is 0 Å². The van der Waals surface area contributed by atoms with E-state index >= 15 is 0 Å². The molecule has 0 aliphatic carbocycles. The molecular weight excluding hydrogens is 202 g/mol. The summed E-state index contributed by atoms with van der Waals surface area (Å²) >= 11 is 0. The second kappa shape index (κ2) is 5.51. The Morgan fingerprint density at radius 2 is 2.19 bits per heavy atom. The van der Waals surface area contributed by atoms with Crippen molar-refractivity contribution in [2.24, 2.45) is 11.7 Å². The van der Waals surface area contributed by atoms with Crippen molar-refractivity contribution in [2.45, 2.75) is 38.6 Å². The molecule has 3 nitrogen and oxygen atoms in total. The van der Waals surface area contributed by atoms with Crippen molar-refractivity contribution in [3.8, 4) is 0 Å². The summed E-state index contributed by atoms with van der Waals surface area (Å²) in [6.45, 7) is 3.89. The molecule has 1 saturated heterocycles. The molecule has 1 aromatic rings. The van der Waals surface area contributed by atoms with Crippen molar-refractivity contribution in [1.82, 2.24) is 0 Å². The second-order valence-corrected chi connectivity index (χ2v) is 4.55. The molecule has 2 rings (SSSR count). The number of aryl methyl sites for hydroxylation is 1. The molecule has 1 atom stereocenters. The molecule has 0 spiro atoms. The summed E-state index contributed by atoms with van der Waals surface area (Å²) in [5.74, 6) is 1.75. The fraction of sp³-hybridized carbons (Fsp3) is 0.692. The maximum absolute atomic E-state index is 6.25. The zero-order chi connectivity index (χ0) is 11.4. The predicted molar refractivity (Wildman–Crippen MR) is 63.2 cm³/mol. The van der Waals surface area contributed by atoms with E-state index in [0.717, 1.165) is 44.7 Å². The first-order chi connectivity index (χ1) is 7.81. The second-order valence-electron chi connectivity index (χ2n) is 4.55. The summed E-state index contributed by atoms with van der Waals surface area (Å²) < 4.78 is 10.8. The Kier molecular flexibility index (Phi) is 4.02. The van der Waals surface area contributed by atoms with Gasteiger partial charge in [-0.2, -0.15) is 0 Å². The van der Waals surface area contributed by atoms with Crippen molar-refractivity contribution in [2.75, 3.05) is 13.2 Å². The van der Waals surface area contributed by atoms with Gasteiger partial charge in [0.15, 0.2) is 0 Å². The molecule has 2 heterocycles. The Balaban J connectivity index is 1.93. The Hall–Kier alpha value is -0.800. The van der Waals surface area contributed by atoms with Gasteiger partial charge in [-0.1, -0.05) is 6.92 Å². The molecule has 1 aromatic heterocycles. The van der Waals surface area contributed by atoms with E-state index < -0.39 is 0 Å². The molecule has 1 aliphatic heterocycles. The van der Waals surface area contributed by atoms with Gasteiger partial charge in [-0.05, 0) is 31.2 Å². The maximum Gasteiger partial charge on any atom is 0.108 e. The highest BCUT2D eigenvalue weighted by Crippen LogP contribution is 2.28. The van der Waals surface area contributed by atoms with Gasteiger partial charge in [0.05, 0.1) is 6.26 Å². The summed E-state index contributed by atoms with van der Waals surface area (Å²) in [6, 6.07) is 2.14. The lowest BCUT2D eigenvalue weighted by Gasteiger charge is -2.24. The van der Waals surface area contributed by atoms with E-state index in [9.17, 15) is 0 Å². The molecule has 1 unspecified atom stereocenters. The van der Waals surface area contributed by atoms with Crippen LogP contribution < -0.4 is 5.73 Å². The lowest BCUT2D eigenvalue weighted by molar-refractivity contribution is 0.0618. The summed E-state index contributed by atoms with van der Waals surface area (Å²) in [7, 11) is 0. The topological polar surface area (TPSA) is 48.4 Å². The highest BCUT2D eigenvalue weighted by atomic mass is 16.5. The molecule has 1 aliphatic rings. The van der Waals surface area contributed by atoms with Gasteiger partial charge in [0.1, 0.15) is 5.76 Å². The Morgan fingerprint density at radius 3 is 2.88 bits per heavy atom. The van der Waals surface area contributed by atoms with E-state index in [2.05, 4.69) is 6.92 Å². The summed E-state index contributed by atoms with van der Waals surface area (Å²) in [4.78, 5) is 0.